The van der Waals surface area contributed by atoms with Crippen molar-refractivity contribution in [3.05, 3.63) is 65.2 Å². The van der Waals surface area contributed by atoms with E-state index in [1.807, 2.05) is 18.2 Å². The third-order valence-corrected chi connectivity index (χ3v) is 5.16. The second-order valence-corrected chi connectivity index (χ2v) is 7.20. The molecule has 0 saturated carbocycles. The Hall–Kier alpha value is -1.98. The minimum absolute atomic E-state index is 0.0000673. The molecule has 0 bridgehead atoms. The molecule has 1 fully saturated rings. The van der Waals surface area contributed by atoms with E-state index in [0.29, 0.717) is 24.5 Å². The predicted octanol–water partition coefficient (Wildman–Crippen LogP) is 4.18. The fourth-order valence-electron chi connectivity index (χ4n) is 3.79. The number of hydrogen-bond acceptors (Lipinski definition) is 3. The zero-order valence-electron chi connectivity index (χ0n) is 15.5. The monoisotopic (exact) mass is 375 g/mol. The highest BCUT2D eigenvalue weighted by Crippen LogP contribution is 2.26. The average molecular weight is 375 g/mol. The van der Waals surface area contributed by atoms with Crippen LogP contribution < -0.4 is 4.74 Å². The molecule has 3 nitrogen and oxygen atoms in total. The quantitative estimate of drug-likeness (QED) is 0.751. The average Bonchev–Trinajstić information content (AvgIpc) is 2.67. The van der Waals surface area contributed by atoms with E-state index in [1.165, 1.54) is 6.07 Å². The number of benzene rings is 2. The van der Waals surface area contributed by atoms with E-state index in [1.54, 1.807) is 6.07 Å². The molecule has 146 valence electrons. The van der Waals surface area contributed by atoms with Gasteiger partial charge in [0.15, 0.2) is 0 Å². The van der Waals surface area contributed by atoms with Gasteiger partial charge < -0.3 is 9.84 Å². The van der Waals surface area contributed by atoms with Crippen molar-refractivity contribution in [1.82, 2.24) is 4.90 Å². The van der Waals surface area contributed by atoms with Gasteiger partial charge in [-0.3, -0.25) is 4.90 Å². The van der Waals surface area contributed by atoms with Crippen LogP contribution in [-0.2, 0) is 13.0 Å². The first-order valence-electron chi connectivity index (χ1n) is 9.63. The van der Waals surface area contributed by atoms with Crippen molar-refractivity contribution < 1.29 is 18.6 Å². The Morgan fingerprint density at radius 3 is 2.78 bits per heavy atom. The van der Waals surface area contributed by atoms with E-state index >= 15 is 0 Å². The Morgan fingerprint density at radius 2 is 1.96 bits per heavy atom. The van der Waals surface area contributed by atoms with Gasteiger partial charge in [-0.25, -0.2) is 8.78 Å². The second-order valence-electron chi connectivity index (χ2n) is 7.20. The summed E-state index contributed by atoms with van der Waals surface area (Å²) in [6.45, 7) is 3.11. The summed E-state index contributed by atoms with van der Waals surface area (Å²) < 4.78 is 32.5. The normalized spacial score (nSPS) is 17.8. The maximum Gasteiger partial charge on any atom is 0.129 e. The van der Waals surface area contributed by atoms with Crippen LogP contribution in [0.4, 0.5) is 8.78 Å². The van der Waals surface area contributed by atoms with Crippen LogP contribution in [0, 0.1) is 17.6 Å². The number of halogens is 2. The first-order valence-corrected chi connectivity index (χ1v) is 9.63. The van der Waals surface area contributed by atoms with Crippen molar-refractivity contribution in [2.45, 2.75) is 32.2 Å². The molecule has 2 aromatic rings. The third kappa shape index (κ3) is 5.75. The molecule has 1 heterocycles. The summed E-state index contributed by atoms with van der Waals surface area (Å²) >= 11 is 0. The van der Waals surface area contributed by atoms with Gasteiger partial charge >= 0.3 is 0 Å². The first kappa shape index (κ1) is 19.8. The van der Waals surface area contributed by atoms with Crippen molar-refractivity contribution in [2.75, 3.05) is 26.3 Å². The molecule has 1 aliphatic rings. The Labute approximate surface area is 159 Å². The molecule has 1 saturated heterocycles. The number of aliphatic hydroxyl groups is 1. The van der Waals surface area contributed by atoms with Gasteiger partial charge in [-0.15, -0.1) is 0 Å². The zero-order chi connectivity index (χ0) is 19.1. The van der Waals surface area contributed by atoms with Crippen molar-refractivity contribution in [1.29, 1.82) is 0 Å². The number of nitrogens with zero attached hydrogens (tertiary/aromatic N) is 1. The molecule has 0 unspecified atom stereocenters. The van der Waals surface area contributed by atoms with Gasteiger partial charge in [0.25, 0.3) is 0 Å². The van der Waals surface area contributed by atoms with Crippen LogP contribution in [0.5, 0.6) is 5.75 Å². The summed E-state index contributed by atoms with van der Waals surface area (Å²) in [6.07, 6.45) is 3.81. The molecule has 5 heteroatoms. The van der Waals surface area contributed by atoms with Crippen LogP contribution in [0.2, 0.25) is 0 Å². The summed E-state index contributed by atoms with van der Waals surface area (Å²) in [7, 11) is 0. The molecule has 1 N–H and O–H groups in total. The van der Waals surface area contributed by atoms with E-state index in [9.17, 15) is 8.78 Å². The fourth-order valence-corrected chi connectivity index (χ4v) is 3.79. The Kier molecular flexibility index (Phi) is 7.18. The molecule has 0 radical (unpaired) electrons. The van der Waals surface area contributed by atoms with Gasteiger partial charge in [0.05, 0.1) is 6.61 Å². The van der Waals surface area contributed by atoms with E-state index in [4.69, 9.17) is 9.84 Å². The van der Waals surface area contributed by atoms with Crippen LogP contribution >= 0.6 is 0 Å². The molecule has 1 atom stereocenters. The van der Waals surface area contributed by atoms with Crippen molar-refractivity contribution in [3.8, 4) is 5.75 Å². The Morgan fingerprint density at radius 1 is 1.11 bits per heavy atom. The van der Waals surface area contributed by atoms with Crippen LogP contribution in [0.1, 0.15) is 30.4 Å². The van der Waals surface area contributed by atoms with Crippen molar-refractivity contribution >= 4 is 0 Å². The molecule has 0 spiro atoms. The number of likely N-dealkylation sites (tertiary alicyclic amines) is 1. The largest absolute Gasteiger partial charge is 0.491 e. The van der Waals surface area contributed by atoms with Crippen molar-refractivity contribution in [2.24, 2.45) is 5.92 Å². The topological polar surface area (TPSA) is 32.7 Å². The lowest BCUT2D eigenvalue weighted by atomic mass is 9.91. The van der Waals surface area contributed by atoms with Gasteiger partial charge in [0.2, 0.25) is 0 Å². The number of rotatable bonds is 8. The Bertz CT molecular complexity index is 738. The van der Waals surface area contributed by atoms with Gasteiger partial charge in [-0.2, -0.15) is 0 Å². The minimum atomic E-state index is -0.526. The number of hydrogen-bond donors (Lipinski definition) is 1. The molecule has 2 aromatic carbocycles. The third-order valence-electron chi connectivity index (χ3n) is 5.16. The first-order chi connectivity index (χ1) is 13.2. The number of piperidine rings is 1. The number of ether oxygens (including phenoxy) is 1. The molecule has 1 aliphatic heterocycles. The predicted molar refractivity (Wildman–Crippen MR) is 102 cm³/mol. The van der Waals surface area contributed by atoms with E-state index in [0.717, 1.165) is 56.3 Å². The van der Waals surface area contributed by atoms with Gasteiger partial charge in [-0.1, -0.05) is 24.3 Å². The van der Waals surface area contributed by atoms with E-state index in [2.05, 4.69) is 11.0 Å². The fraction of sp³-hybridized carbons (Fsp3) is 0.455. The Balaban J connectivity index is 1.55. The highest BCUT2D eigenvalue weighted by molar-refractivity contribution is 5.33. The highest BCUT2D eigenvalue weighted by Gasteiger charge is 2.21. The summed E-state index contributed by atoms with van der Waals surface area (Å²) in [5.74, 6) is 0.357. The van der Waals surface area contributed by atoms with Gasteiger partial charge in [-0.05, 0) is 55.8 Å². The van der Waals surface area contributed by atoms with Gasteiger partial charge in [0, 0.05) is 24.7 Å². The smallest absolute Gasteiger partial charge is 0.129 e. The van der Waals surface area contributed by atoms with Crippen LogP contribution in [0.25, 0.3) is 0 Å². The zero-order valence-corrected chi connectivity index (χ0v) is 15.5. The maximum absolute atomic E-state index is 13.8. The standard InChI is InChI=1S/C22H27F2NO2/c23-20-10-9-18(21(24)14-20)8-7-17-4-3-11-25(15-17)16-19-5-1-2-6-22(19)27-13-12-26/h1-2,5-6,9-10,14,17,26H,3-4,7-8,11-13,15-16H2/t17-/m0/s1. The maximum atomic E-state index is 13.8. The summed E-state index contributed by atoms with van der Waals surface area (Å²) in [6, 6.07) is 11.8. The lowest BCUT2D eigenvalue weighted by Gasteiger charge is -2.33. The molecular formula is C22H27F2NO2. The number of aryl methyl sites for hydroxylation is 1. The van der Waals surface area contributed by atoms with Crippen LogP contribution in [0.3, 0.4) is 0 Å². The summed E-state index contributed by atoms with van der Waals surface area (Å²) in [4.78, 5) is 2.41. The molecule has 0 aromatic heterocycles. The SMILES string of the molecule is OCCOc1ccccc1CN1CCC[C@@H](CCc2ccc(F)cc2F)C1. The van der Waals surface area contributed by atoms with Crippen LogP contribution in [0.15, 0.2) is 42.5 Å². The van der Waals surface area contributed by atoms with Gasteiger partial charge in [0.1, 0.15) is 24.0 Å². The molecular weight excluding hydrogens is 348 g/mol. The lowest BCUT2D eigenvalue weighted by Crippen LogP contribution is -2.35. The minimum Gasteiger partial charge on any atom is -0.491 e. The number of aliphatic hydroxyl groups excluding tert-OH is 1. The summed E-state index contributed by atoms with van der Waals surface area (Å²) in [5.41, 5.74) is 1.72. The molecule has 3 rings (SSSR count). The van der Waals surface area contributed by atoms with E-state index in [-0.39, 0.29) is 6.61 Å². The van der Waals surface area contributed by atoms with E-state index < -0.39 is 11.6 Å². The molecule has 27 heavy (non-hydrogen) atoms. The van der Waals surface area contributed by atoms with Crippen molar-refractivity contribution in [3.63, 3.8) is 0 Å². The highest BCUT2D eigenvalue weighted by atomic mass is 19.1. The number of para-hydroxylation sites is 1. The van der Waals surface area contributed by atoms with Crippen LogP contribution in [-0.4, -0.2) is 36.3 Å². The molecule has 0 amide bonds. The lowest BCUT2D eigenvalue weighted by molar-refractivity contribution is 0.157. The summed E-state index contributed by atoms with van der Waals surface area (Å²) in [5, 5.41) is 8.98. The second kappa shape index (κ2) is 9.81. The molecule has 0 aliphatic carbocycles.